The van der Waals surface area contributed by atoms with Crippen molar-refractivity contribution in [3.05, 3.63) is 52.1 Å². The Hall–Kier alpha value is -1.72. The number of nitro benzene ring substituents is 1. The highest BCUT2D eigenvalue weighted by Gasteiger charge is 2.36. The zero-order valence-electron chi connectivity index (χ0n) is 14.0. The first-order valence-corrected chi connectivity index (χ1v) is 9.04. The molecule has 5 nitrogen and oxygen atoms in total. The lowest BCUT2D eigenvalue weighted by Crippen LogP contribution is -2.47. The Morgan fingerprint density at radius 3 is 2.46 bits per heavy atom. The number of benzene rings is 1. The lowest BCUT2D eigenvalue weighted by Gasteiger charge is -2.36. The van der Waals surface area contributed by atoms with E-state index in [1.807, 2.05) is 12.1 Å². The van der Waals surface area contributed by atoms with E-state index in [1.54, 1.807) is 12.1 Å². The highest BCUT2D eigenvalue weighted by Crippen LogP contribution is 2.43. The minimum atomic E-state index is -0.270. The van der Waals surface area contributed by atoms with Crippen LogP contribution >= 0.6 is 0 Å². The van der Waals surface area contributed by atoms with Crippen LogP contribution in [0.15, 0.2) is 36.4 Å². The minimum absolute atomic E-state index is 0.244. The van der Waals surface area contributed by atoms with Gasteiger partial charge in [-0.05, 0) is 30.6 Å². The normalized spacial score (nSPS) is 30.1. The van der Waals surface area contributed by atoms with Crippen molar-refractivity contribution in [1.82, 2.24) is 9.80 Å². The minimum Gasteiger partial charge on any atom is -0.300 e. The summed E-state index contributed by atoms with van der Waals surface area (Å²) >= 11 is 0. The summed E-state index contributed by atoms with van der Waals surface area (Å²) in [7, 11) is 0. The van der Waals surface area contributed by atoms with Crippen molar-refractivity contribution < 1.29 is 4.92 Å². The lowest BCUT2D eigenvalue weighted by atomic mass is 9.93. The van der Waals surface area contributed by atoms with Gasteiger partial charge < -0.3 is 4.90 Å². The molecule has 3 aliphatic rings. The third kappa shape index (κ3) is 3.23. The van der Waals surface area contributed by atoms with Crippen molar-refractivity contribution in [1.29, 1.82) is 0 Å². The molecule has 1 aliphatic heterocycles. The molecule has 2 bridgehead atoms. The van der Waals surface area contributed by atoms with Crippen LogP contribution in [0.5, 0.6) is 0 Å². The van der Waals surface area contributed by atoms with Gasteiger partial charge in [-0.15, -0.1) is 0 Å². The molecule has 1 saturated heterocycles. The highest BCUT2D eigenvalue weighted by molar-refractivity contribution is 5.39. The van der Waals surface area contributed by atoms with Gasteiger partial charge in [0.05, 0.1) is 4.92 Å². The van der Waals surface area contributed by atoms with E-state index in [0.29, 0.717) is 6.54 Å². The second-order valence-corrected chi connectivity index (χ2v) is 7.50. The number of fused-ring (bicyclic) bond motifs is 2. The van der Waals surface area contributed by atoms with Crippen molar-refractivity contribution in [3.8, 4) is 0 Å². The number of hydrogen-bond acceptors (Lipinski definition) is 4. The van der Waals surface area contributed by atoms with Crippen LogP contribution in [-0.4, -0.2) is 47.4 Å². The zero-order chi connectivity index (χ0) is 16.5. The molecule has 0 spiro atoms. The van der Waals surface area contributed by atoms with Gasteiger partial charge in [0.1, 0.15) is 0 Å². The molecule has 2 fully saturated rings. The van der Waals surface area contributed by atoms with E-state index < -0.39 is 0 Å². The molecule has 1 saturated carbocycles. The standard InChI is InChI=1S/C19H25N3O2/c23-22(24)19-4-2-1-3-17(19)13-20-7-9-21(10-8-20)14-18-12-15-5-6-16(18)11-15/h1-6,15-16,18H,7-14H2/t15-,16-,18-/m0/s1. The van der Waals surface area contributed by atoms with E-state index in [0.717, 1.165) is 49.5 Å². The van der Waals surface area contributed by atoms with Crippen LogP contribution in [0.4, 0.5) is 5.69 Å². The third-order valence-corrected chi connectivity index (χ3v) is 5.96. The average Bonchev–Trinajstić information content (AvgIpc) is 3.20. The van der Waals surface area contributed by atoms with E-state index >= 15 is 0 Å². The largest absolute Gasteiger partial charge is 0.300 e. The number of hydrogen-bond donors (Lipinski definition) is 0. The van der Waals surface area contributed by atoms with Crippen molar-refractivity contribution in [2.45, 2.75) is 19.4 Å². The van der Waals surface area contributed by atoms with Gasteiger partial charge in [0, 0.05) is 50.9 Å². The molecule has 4 rings (SSSR count). The van der Waals surface area contributed by atoms with Gasteiger partial charge in [0.25, 0.3) is 5.69 Å². The van der Waals surface area contributed by atoms with Gasteiger partial charge in [0.2, 0.25) is 0 Å². The van der Waals surface area contributed by atoms with E-state index in [-0.39, 0.29) is 10.6 Å². The Morgan fingerprint density at radius 1 is 1.04 bits per heavy atom. The van der Waals surface area contributed by atoms with Crippen molar-refractivity contribution in [2.24, 2.45) is 17.8 Å². The summed E-state index contributed by atoms with van der Waals surface area (Å²) in [5, 5.41) is 11.1. The summed E-state index contributed by atoms with van der Waals surface area (Å²) in [5.74, 6) is 2.52. The molecule has 24 heavy (non-hydrogen) atoms. The summed E-state index contributed by atoms with van der Waals surface area (Å²) in [6.07, 6.45) is 7.59. The van der Waals surface area contributed by atoms with E-state index in [2.05, 4.69) is 22.0 Å². The summed E-state index contributed by atoms with van der Waals surface area (Å²) in [5.41, 5.74) is 1.07. The second-order valence-electron chi connectivity index (χ2n) is 7.50. The van der Waals surface area contributed by atoms with Crippen LogP contribution in [-0.2, 0) is 6.54 Å². The number of nitrogens with zero attached hydrogens (tertiary/aromatic N) is 3. The zero-order valence-corrected chi connectivity index (χ0v) is 14.0. The molecule has 0 amide bonds. The summed E-state index contributed by atoms with van der Waals surface area (Å²) < 4.78 is 0. The Balaban J connectivity index is 1.29. The van der Waals surface area contributed by atoms with Gasteiger partial charge in [-0.3, -0.25) is 15.0 Å². The number of nitro groups is 1. The molecule has 5 heteroatoms. The fraction of sp³-hybridized carbons (Fsp3) is 0.579. The molecule has 0 N–H and O–H groups in total. The first-order chi connectivity index (χ1) is 11.7. The first-order valence-electron chi connectivity index (χ1n) is 9.04. The van der Waals surface area contributed by atoms with E-state index in [1.165, 1.54) is 19.4 Å². The summed E-state index contributed by atoms with van der Waals surface area (Å²) in [6.45, 7) is 6.08. The Morgan fingerprint density at radius 2 is 1.79 bits per heavy atom. The van der Waals surface area contributed by atoms with Crippen molar-refractivity contribution in [3.63, 3.8) is 0 Å². The van der Waals surface area contributed by atoms with Crippen LogP contribution in [0, 0.1) is 27.9 Å². The third-order valence-electron chi connectivity index (χ3n) is 5.96. The monoisotopic (exact) mass is 327 g/mol. The number of piperazine rings is 1. The Bertz CT molecular complexity index is 637. The molecule has 0 aromatic heterocycles. The van der Waals surface area contributed by atoms with Gasteiger partial charge in [0.15, 0.2) is 0 Å². The Labute approximate surface area is 143 Å². The van der Waals surface area contributed by atoms with E-state index in [9.17, 15) is 10.1 Å². The van der Waals surface area contributed by atoms with Gasteiger partial charge >= 0.3 is 0 Å². The smallest absolute Gasteiger partial charge is 0.273 e. The van der Waals surface area contributed by atoms with Crippen LogP contribution < -0.4 is 0 Å². The maximum absolute atomic E-state index is 11.1. The maximum atomic E-state index is 11.1. The van der Waals surface area contributed by atoms with Crippen LogP contribution in [0.3, 0.4) is 0 Å². The molecular formula is C19H25N3O2. The van der Waals surface area contributed by atoms with Crippen molar-refractivity contribution >= 4 is 5.69 Å². The number of rotatable bonds is 5. The van der Waals surface area contributed by atoms with Gasteiger partial charge in [-0.2, -0.15) is 0 Å². The first kappa shape index (κ1) is 15.8. The summed E-state index contributed by atoms with van der Waals surface area (Å²) in [6, 6.07) is 7.12. The molecule has 0 radical (unpaired) electrons. The van der Waals surface area contributed by atoms with Crippen LogP contribution in [0.25, 0.3) is 0 Å². The molecule has 128 valence electrons. The quantitative estimate of drug-likeness (QED) is 0.474. The van der Waals surface area contributed by atoms with E-state index in [4.69, 9.17) is 0 Å². The van der Waals surface area contributed by atoms with Crippen LogP contribution in [0.1, 0.15) is 18.4 Å². The SMILES string of the molecule is O=[N+]([O-])c1ccccc1CN1CCN(C[C@@H]2C[C@H]3C=C[C@H]2C3)CC1. The molecule has 2 aliphatic carbocycles. The highest BCUT2D eigenvalue weighted by atomic mass is 16.6. The fourth-order valence-electron chi connectivity index (χ4n) is 4.63. The fourth-order valence-corrected chi connectivity index (χ4v) is 4.63. The molecule has 1 aromatic rings. The maximum Gasteiger partial charge on any atom is 0.273 e. The lowest BCUT2D eigenvalue weighted by molar-refractivity contribution is -0.385. The van der Waals surface area contributed by atoms with Crippen LogP contribution in [0.2, 0.25) is 0 Å². The second kappa shape index (κ2) is 6.65. The average molecular weight is 327 g/mol. The predicted octanol–water partition coefficient (Wildman–Crippen LogP) is 2.92. The predicted molar refractivity (Wildman–Crippen MR) is 93.7 cm³/mol. The molecular weight excluding hydrogens is 302 g/mol. The number of para-hydroxylation sites is 1. The molecule has 1 aromatic carbocycles. The summed E-state index contributed by atoms with van der Waals surface area (Å²) in [4.78, 5) is 15.8. The molecule has 1 heterocycles. The van der Waals surface area contributed by atoms with Gasteiger partial charge in [-0.25, -0.2) is 0 Å². The molecule has 0 unspecified atom stereocenters. The molecule has 3 atom stereocenters. The number of allylic oxidation sites excluding steroid dienone is 2. The van der Waals surface area contributed by atoms with Gasteiger partial charge in [-0.1, -0.05) is 30.4 Å². The van der Waals surface area contributed by atoms with Crippen molar-refractivity contribution in [2.75, 3.05) is 32.7 Å². The Kier molecular flexibility index (Phi) is 4.37. The topological polar surface area (TPSA) is 49.6 Å².